The minimum Gasteiger partial charge on any atom is -0.395 e. The predicted molar refractivity (Wildman–Crippen MR) is 74.5 cm³/mol. The van der Waals surface area contributed by atoms with E-state index in [1.54, 1.807) is 0 Å². The topological polar surface area (TPSA) is 35.5 Å². The van der Waals surface area contributed by atoms with Gasteiger partial charge in [-0.3, -0.25) is 4.90 Å². The van der Waals surface area contributed by atoms with Gasteiger partial charge >= 0.3 is 0 Å². The molecule has 1 aliphatic heterocycles. The SMILES string of the molecule is Cc1ccc(CN2C(C)CCNCC2CO)cc1. The third-order valence-corrected chi connectivity index (χ3v) is 3.85. The molecule has 18 heavy (non-hydrogen) atoms. The van der Waals surface area contributed by atoms with Crippen LogP contribution in [0.15, 0.2) is 24.3 Å². The molecule has 0 aliphatic carbocycles. The van der Waals surface area contributed by atoms with E-state index in [0.29, 0.717) is 6.04 Å². The molecule has 0 amide bonds. The summed E-state index contributed by atoms with van der Waals surface area (Å²) in [5, 5.41) is 12.9. The highest BCUT2D eigenvalue weighted by molar-refractivity contribution is 5.21. The van der Waals surface area contributed by atoms with Gasteiger partial charge in [-0.15, -0.1) is 0 Å². The maximum Gasteiger partial charge on any atom is 0.0599 e. The molecule has 3 nitrogen and oxygen atoms in total. The van der Waals surface area contributed by atoms with E-state index in [1.807, 2.05) is 0 Å². The highest BCUT2D eigenvalue weighted by atomic mass is 16.3. The molecule has 0 spiro atoms. The standard InChI is InChI=1S/C15H24N2O/c1-12-3-5-14(6-4-12)10-17-13(2)7-8-16-9-15(17)11-18/h3-6,13,15-16,18H,7-11H2,1-2H3. The van der Waals surface area contributed by atoms with E-state index in [1.165, 1.54) is 11.1 Å². The summed E-state index contributed by atoms with van der Waals surface area (Å²) in [5.74, 6) is 0. The van der Waals surface area contributed by atoms with Crippen LogP contribution in [0.5, 0.6) is 0 Å². The summed E-state index contributed by atoms with van der Waals surface area (Å²) in [6.45, 7) is 7.44. The van der Waals surface area contributed by atoms with Crippen molar-refractivity contribution in [3.8, 4) is 0 Å². The Morgan fingerprint density at radius 3 is 2.72 bits per heavy atom. The molecule has 1 heterocycles. The fourth-order valence-corrected chi connectivity index (χ4v) is 2.58. The zero-order valence-electron chi connectivity index (χ0n) is 11.4. The summed E-state index contributed by atoms with van der Waals surface area (Å²) >= 11 is 0. The van der Waals surface area contributed by atoms with Crippen LogP contribution < -0.4 is 5.32 Å². The molecule has 1 aliphatic rings. The van der Waals surface area contributed by atoms with Crippen LogP contribution in [0.2, 0.25) is 0 Å². The normalized spacial score (nSPS) is 25.9. The van der Waals surface area contributed by atoms with Crippen LogP contribution in [-0.4, -0.2) is 41.8 Å². The number of nitrogens with zero attached hydrogens (tertiary/aromatic N) is 1. The van der Waals surface area contributed by atoms with Crippen molar-refractivity contribution in [3.05, 3.63) is 35.4 Å². The van der Waals surface area contributed by atoms with Crippen molar-refractivity contribution in [2.75, 3.05) is 19.7 Å². The lowest BCUT2D eigenvalue weighted by atomic mass is 10.1. The number of aliphatic hydroxyl groups excluding tert-OH is 1. The third-order valence-electron chi connectivity index (χ3n) is 3.85. The fourth-order valence-electron chi connectivity index (χ4n) is 2.58. The third kappa shape index (κ3) is 3.31. The Bertz CT molecular complexity index is 363. The predicted octanol–water partition coefficient (Wildman–Crippen LogP) is 1.54. The number of hydrogen-bond acceptors (Lipinski definition) is 3. The molecular formula is C15H24N2O. The first kappa shape index (κ1) is 13.5. The molecule has 2 rings (SSSR count). The highest BCUT2D eigenvalue weighted by Crippen LogP contribution is 2.16. The molecule has 0 saturated carbocycles. The molecule has 1 saturated heterocycles. The fraction of sp³-hybridized carbons (Fsp3) is 0.600. The summed E-state index contributed by atoms with van der Waals surface area (Å²) in [4.78, 5) is 2.42. The van der Waals surface area contributed by atoms with E-state index in [2.05, 4.69) is 48.3 Å². The van der Waals surface area contributed by atoms with Gasteiger partial charge in [0.15, 0.2) is 0 Å². The Morgan fingerprint density at radius 2 is 2.06 bits per heavy atom. The molecular weight excluding hydrogens is 224 g/mol. The minimum absolute atomic E-state index is 0.225. The number of aliphatic hydroxyl groups is 1. The zero-order chi connectivity index (χ0) is 13.0. The molecule has 100 valence electrons. The second kappa shape index (κ2) is 6.32. The summed E-state index contributed by atoms with van der Waals surface area (Å²) < 4.78 is 0. The first-order valence-corrected chi connectivity index (χ1v) is 6.83. The summed E-state index contributed by atoms with van der Waals surface area (Å²) in [5.41, 5.74) is 2.62. The number of aryl methyl sites for hydroxylation is 1. The van der Waals surface area contributed by atoms with Gasteiger partial charge in [0.2, 0.25) is 0 Å². The van der Waals surface area contributed by atoms with Crippen molar-refractivity contribution >= 4 is 0 Å². The molecule has 2 N–H and O–H groups in total. The van der Waals surface area contributed by atoms with Crippen molar-refractivity contribution in [1.82, 2.24) is 10.2 Å². The lowest BCUT2D eigenvalue weighted by Crippen LogP contribution is -2.45. The van der Waals surface area contributed by atoms with Crippen LogP contribution in [0.1, 0.15) is 24.5 Å². The van der Waals surface area contributed by atoms with Crippen LogP contribution >= 0.6 is 0 Å². The molecule has 1 aromatic carbocycles. The van der Waals surface area contributed by atoms with Gasteiger partial charge in [-0.2, -0.15) is 0 Å². The molecule has 0 radical (unpaired) electrons. The summed E-state index contributed by atoms with van der Waals surface area (Å²) in [6.07, 6.45) is 1.14. The first-order valence-electron chi connectivity index (χ1n) is 6.83. The molecule has 0 bridgehead atoms. The number of rotatable bonds is 3. The monoisotopic (exact) mass is 248 g/mol. The van der Waals surface area contributed by atoms with Crippen LogP contribution in [0.3, 0.4) is 0 Å². The maximum absolute atomic E-state index is 9.54. The Morgan fingerprint density at radius 1 is 1.33 bits per heavy atom. The van der Waals surface area contributed by atoms with Gasteiger partial charge in [0.05, 0.1) is 6.61 Å². The van der Waals surface area contributed by atoms with Gasteiger partial charge in [0.1, 0.15) is 0 Å². The molecule has 3 heteroatoms. The van der Waals surface area contributed by atoms with Gasteiger partial charge in [-0.05, 0) is 32.4 Å². The van der Waals surface area contributed by atoms with Crippen LogP contribution in [0.25, 0.3) is 0 Å². The van der Waals surface area contributed by atoms with E-state index in [4.69, 9.17) is 0 Å². The van der Waals surface area contributed by atoms with Crippen molar-refractivity contribution in [1.29, 1.82) is 0 Å². The second-order valence-electron chi connectivity index (χ2n) is 5.34. The van der Waals surface area contributed by atoms with Gasteiger partial charge in [0.25, 0.3) is 0 Å². The molecule has 0 aromatic heterocycles. The second-order valence-corrected chi connectivity index (χ2v) is 5.34. The zero-order valence-corrected chi connectivity index (χ0v) is 11.4. The average molecular weight is 248 g/mol. The molecule has 1 aromatic rings. The van der Waals surface area contributed by atoms with Crippen molar-refractivity contribution in [2.45, 2.75) is 38.9 Å². The van der Waals surface area contributed by atoms with Crippen molar-refractivity contribution < 1.29 is 5.11 Å². The quantitative estimate of drug-likeness (QED) is 0.852. The molecule has 1 fully saturated rings. The van der Waals surface area contributed by atoms with Gasteiger partial charge in [-0.1, -0.05) is 29.8 Å². The van der Waals surface area contributed by atoms with Crippen molar-refractivity contribution in [3.63, 3.8) is 0 Å². The molecule has 2 unspecified atom stereocenters. The number of benzene rings is 1. The Hall–Kier alpha value is -0.900. The van der Waals surface area contributed by atoms with Gasteiger partial charge in [0, 0.05) is 25.2 Å². The highest BCUT2D eigenvalue weighted by Gasteiger charge is 2.25. The van der Waals surface area contributed by atoms with Gasteiger partial charge < -0.3 is 10.4 Å². The van der Waals surface area contributed by atoms with Crippen LogP contribution in [-0.2, 0) is 6.54 Å². The molecule has 2 atom stereocenters. The Kier molecular flexibility index (Phi) is 4.75. The summed E-state index contributed by atoms with van der Waals surface area (Å²) in [6, 6.07) is 9.43. The lowest BCUT2D eigenvalue weighted by molar-refractivity contribution is 0.0915. The Balaban J connectivity index is 2.09. The lowest BCUT2D eigenvalue weighted by Gasteiger charge is -2.33. The smallest absolute Gasteiger partial charge is 0.0599 e. The maximum atomic E-state index is 9.54. The van der Waals surface area contributed by atoms with E-state index >= 15 is 0 Å². The van der Waals surface area contributed by atoms with Crippen molar-refractivity contribution in [2.24, 2.45) is 0 Å². The van der Waals surface area contributed by atoms with Crippen LogP contribution in [0, 0.1) is 6.92 Å². The number of nitrogens with one attached hydrogen (secondary N) is 1. The van der Waals surface area contributed by atoms with Gasteiger partial charge in [-0.25, -0.2) is 0 Å². The first-order chi connectivity index (χ1) is 8.70. The largest absolute Gasteiger partial charge is 0.395 e. The number of hydrogen-bond donors (Lipinski definition) is 2. The van der Waals surface area contributed by atoms with E-state index in [9.17, 15) is 5.11 Å². The van der Waals surface area contributed by atoms with E-state index in [0.717, 1.165) is 26.1 Å². The summed E-state index contributed by atoms with van der Waals surface area (Å²) in [7, 11) is 0. The minimum atomic E-state index is 0.225. The van der Waals surface area contributed by atoms with Crippen LogP contribution in [0.4, 0.5) is 0 Å². The van der Waals surface area contributed by atoms with E-state index in [-0.39, 0.29) is 12.6 Å². The average Bonchev–Trinajstić information content (AvgIpc) is 2.55. The van der Waals surface area contributed by atoms with E-state index < -0.39 is 0 Å². The Labute approximate surface area is 110 Å².